The van der Waals surface area contributed by atoms with E-state index in [0.717, 1.165) is 17.0 Å². The molecule has 0 radical (unpaired) electrons. The molecular weight excluding hydrogens is 392 g/mol. The molecule has 3 heterocycles. The lowest BCUT2D eigenvalue weighted by atomic mass is 10.1. The van der Waals surface area contributed by atoms with Gasteiger partial charge in [-0.1, -0.05) is 17.7 Å². The van der Waals surface area contributed by atoms with Gasteiger partial charge in [0.1, 0.15) is 6.07 Å². The van der Waals surface area contributed by atoms with Crippen LogP contribution in [0.5, 0.6) is 0 Å². The summed E-state index contributed by atoms with van der Waals surface area (Å²) in [6.07, 6.45) is 1.84. The minimum absolute atomic E-state index is 0.144. The number of halogens is 1. The number of carbonyl (C=O) groups excluding carboxylic acids is 1. The number of nitrogens with one attached hydrogen (secondary N) is 1. The normalized spacial score (nSPS) is 14.1. The molecule has 0 saturated heterocycles. The van der Waals surface area contributed by atoms with E-state index in [1.807, 2.05) is 36.0 Å². The molecule has 29 heavy (non-hydrogen) atoms. The van der Waals surface area contributed by atoms with Gasteiger partial charge in [-0.3, -0.25) is 14.2 Å². The summed E-state index contributed by atoms with van der Waals surface area (Å²) in [5, 5.41) is 21.2. The van der Waals surface area contributed by atoms with E-state index in [9.17, 15) is 4.79 Å². The molecule has 3 aromatic rings. The fourth-order valence-electron chi connectivity index (χ4n) is 3.21. The summed E-state index contributed by atoms with van der Waals surface area (Å²) in [6, 6.07) is 10.7. The van der Waals surface area contributed by atoms with Crippen molar-refractivity contribution in [3.63, 3.8) is 0 Å². The lowest BCUT2D eigenvalue weighted by molar-refractivity contribution is 0.0797. The van der Waals surface area contributed by atoms with E-state index >= 15 is 0 Å². The zero-order valence-corrected chi connectivity index (χ0v) is 16.6. The van der Waals surface area contributed by atoms with Gasteiger partial charge in [0, 0.05) is 17.8 Å². The van der Waals surface area contributed by atoms with Crippen molar-refractivity contribution >= 4 is 17.5 Å². The summed E-state index contributed by atoms with van der Waals surface area (Å²) in [5.74, 6) is -0.217. The van der Waals surface area contributed by atoms with E-state index in [0.29, 0.717) is 42.6 Å². The van der Waals surface area contributed by atoms with Gasteiger partial charge in [0.25, 0.3) is 5.91 Å². The largest absolute Gasteiger partial charge is 0.373 e. The van der Waals surface area contributed by atoms with Crippen molar-refractivity contribution < 1.29 is 9.53 Å². The predicted molar refractivity (Wildman–Crippen MR) is 106 cm³/mol. The quantitative estimate of drug-likeness (QED) is 0.697. The average Bonchev–Trinajstić information content (AvgIpc) is 3.34. The smallest absolute Gasteiger partial charge is 0.272 e. The van der Waals surface area contributed by atoms with Crippen molar-refractivity contribution in [2.45, 2.75) is 32.7 Å². The van der Waals surface area contributed by atoms with Crippen molar-refractivity contribution in [3.05, 3.63) is 58.5 Å². The molecule has 4 rings (SSSR count). The number of aromatic nitrogens is 4. The number of hydrogen-bond acceptors (Lipinski definition) is 5. The highest BCUT2D eigenvalue weighted by Crippen LogP contribution is 2.24. The molecule has 1 aromatic carbocycles. The van der Waals surface area contributed by atoms with E-state index < -0.39 is 0 Å². The molecule has 0 saturated carbocycles. The lowest BCUT2D eigenvalue weighted by Gasteiger charge is -2.13. The Morgan fingerprint density at radius 1 is 1.38 bits per heavy atom. The summed E-state index contributed by atoms with van der Waals surface area (Å²) < 4.78 is 8.95. The molecule has 0 fully saturated rings. The molecule has 1 aliphatic rings. The van der Waals surface area contributed by atoms with E-state index in [2.05, 4.69) is 15.5 Å². The Balaban J connectivity index is 1.39. The standard InChI is InChI=1S/C20H19ClN6O2/c1-13(23-20(28)19-9-16-12-29-7-6-27(16)25-19)11-26-5-4-18(24-26)14-2-3-15(10-22)17(21)8-14/h2-5,8-9,13H,6-7,11-12H2,1H3,(H,23,28)/t13-/m0/s1. The zero-order valence-electron chi connectivity index (χ0n) is 15.8. The zero-order chi connectivity index (χ0) is 20.4. The van der Waals surface area contributed by atoms with Crippen LogP contribution in [-0.2, 0) is 24.4 Å². The van der Waals surface area contributed by atoms with Crippen LogP contribution in [0, 0.1) is 11.3 Å². The molecule has 1 atom stereocenters. The molecule has 0 bridgehead atoms. The summed E-state index contributed by atoms with van der Waals surface area (Å²) in [5.41, 5.74) is 3.31. The van der Waals surface area contributed by atoms with E-state index in [-0.39, 0.29) is 11.9 Å². The summed E-state index contributed by atoms with van der Waals surface area (Å²) in [6.45, 7) is 4.17. The third-order valence-electron chi connectivity index (χ3n) is 4.66. The molecule has 0 aliphatic carbocycles. The van der Waals surface area contributed by atoms with E-state index in [4.69, 9.17) is 21.6 Å². The first-order chi connectivity index (χ1) is 14.0. The number of benzene rings is 1. The Morgan fingerprint density at radius 3 is 3.00 bits per heavy atom. The average molecular weight is 411 g/mol. The number of fused-ring (bicyclic) bond motifs is 1. The van der Waals surface area contributed by atoms with Gasteiger partial charge >= 0.3 is 0 Å². The SMILES string of the molecule is C[C@@H](Cn1ccc(-c2ccc(C#N)c(Cl)c2)n1)NC(=O)c1cc2n(n1)CCOC2. The number of hydrogen-bond donors (Lipinski definition) is 1. The highest BCUT2D eigenvalue weighted by atomic mass is 35.5. The second-order valence-electron chi connectivity index (χ2n) is 6.90. The van der Waals surface area contributed by atoms with Crippen molar-refractivity contribution in [1.82, 2.24) is 24.9 Å². The van der Waals surface area contributed by atoms with Crippen molar-refractivity contribution in [2.75, 3.05) is 6.61 Å². The highest BCUT2D eigenvalue weighted by Gasteiger charge is 2.18. The maximum atomic E-state index is 12.5. The second kappa shape index (κ2) is 8.07. The van der Waals surface area contributed by atoms with Crippen molar-refractivity contribution in [3.8, 4) is 17.3 Å². The fraction of sp³-hybridized carbons (Fsp3) is 0.300. The van der Waals surface area contributed by atoms with Gasteiger partial charge in [-0.15, -0.1) is 0 Å². The van der Waals surface area contributed by atoms with Crippen LogP contribution in [0.3, 0.4) is 0 Å². The molecule has 0 spiro atoms. The van der Waals surface area contributed by atoms with Crippen LogP contribution >= 0.6 is 11.6 Å². The Hall–Kier alpha value is -3.15. The van der Waals surface area contributed by atoms with Gasteiger partial charge < -0.3 is 10.1 Å². The molecule has 148 valence electrons. The van der Waals surface area contributed by atoms with Crippen LogP contribution < -0.4 is 5.32 Å². The third-order valence-corrected chi connectivity index (χ3v) is 4.97. The van der Waals surface area contributed by atoms with Gasteiger partial charge in [-0.25, -0.2) is 0 Å². The number of nitrogens with zero attached hydrogens (tertiary/aromatic N) is 5. The minimum Gasteiger partial charge on any atom is -0.373 e. The molecular formula is C20H19ClN6O2. The molecule has 1 amide bonds. The topological polar surface area (TPSA) is 97.8 Å². The third kappa shape index (κ3) is 4.16. The number of nitriles is 1. The molecule has 2 aromatic heterocycles. The van der Waals surface area contributed by atoms with Gasteiger partial charge in [-0.05, 0) is 31.2 Å². The summed E-state index contributed by atoms with van der Waals surface area (Å²) in [4.78, 5) is 12.5. The first kappa shape index (κ1) is 19.2. The van der Waals surface area contributed by atoms with Crippen LogP contribution in [-0.4, -0.2) is 38.1 Å². The van der Waals surface area contributed by atoms with Gasteiger partial charge in [-0.2, -0.15) is 15.5 Å². The number of amides is 1. The first-order valence-corrected chi connectivity index (χ1v) is 9.60. The Morgan fingerprint density at radius 2 is 2.24 bits per heavy atom. The van der Waals surface area contributed by atoms with Crippen molar-refractivity contribution in [1.29, 1.82) is 5.26 Å². The van der Waals surface area contributed by atoms with E-state index in [1.54, 1.807) is 22.9 Å². The molecule has 9 heteroatoms. The van der Waals surface area contributed by atoms with E-state index in [1.165, 1.54) is 0 Å². The van der Waals surface area contributed by atoms with Gasteiger partial charge in [0.2, 0.25) is 0 Å². The van der Waals surface area contributed by atoms with Gasteiger partial charge in [0.05, 0.1) is 48.3 Å². The monoisotopic (exact) mass is 410 g/mol. The summed E-state index contributed by atoms with van der Waals surface area (Å²) >= 11 is 6.10. The minimum atomic E-state index is -0.217. The Kier molecular flexibility index (Phi) is 5.34. The maximum Gasteiger partial charge on any atom is 0.272 e. The predicted octanol–water partition coefficient (Wildman–Crippen LogP) is 2.62. The molecule has 0 unspecified atom stereocenters. The Labute approximate surface area is 172 Å². The van der Waals surface area contributed by atoms with Crippen LogP contribution in [0.4, 0.5) is 0 Å². The van der Waals surface area contributed by atoms with Gasteiger partial charge in [0.15, 0.2) is 5.69 Å². The van der Waals surface area contributed by atoms with Crippen LogP contribution in [0.25, 0.3) is 11.3 Å². The summed E-state index contributed by atoms with van der Waals surface area (Å²) in [7, 11) is 0. The molecule has 1 N–H and O–H groups in total. The van der Waals surface area contributed by atoms with Crippen LogP contribution in [0.2, 0.25) is 5.02 Å². The van der Waals surface area contributed by atoms with Crippen LogP contribution in [0.1, 0.15) is 28.7 Å². The highest BCUT2D eigenvalue weighted by molar-refractivity contribution is 6.32. The first-order valence-electron chi connectivity index (χ1n) is 9.22. The number of carbonyl (C=O) groups is 1. The number of ether oxygens (including phenoxy) is 1. The lowest BCUT2D eigenvalue weighted by Crippen LogP contribution is -2.36. The maximum absolute atomic E-state index is 12.5. The van der Waals surface area contributed by atoms with Crippen LogP contribution in [0.15, 0.2) is 36.5 Å². The second-order valence-corrected chi connectivity index (χ2v) is 7.31. The van der Waals surface area contributed by atoms with Crippen molar-refractivity contribution in [2.24, 2.45) is 0 Å². The fourth-order valence-corrected chi connectivity index (χ4v) is 3.43. The Bertz CT molecular complexity index is 1070. The molecule has 8 nitrogen and oxygen atoms in total. The number of rotatable bonds is 5. The molecule has 1 aliphatic heterocycles.